The van der Waals surface area contributed by atoms with Crippen LogP contribution in [0.3, 0.4) is 0 Å². The Morgan fingerprint density at radius 1 is 1.00 bits per heavy atom. The summed E-state index contributed by atoms with van der Waals surface area (Å²) in [5.74, 6) is -0.230. The van der Waals surface area contributed by atoms with Crippen LogP contribution < -0.4 is 10.6 Å². The first kappa shape index (κ1) is 15.6. The molecule has 0 spiro atoms. The Labute approximate surface area is 141 Å². The van der Waals surface area contributed by atoms with Gasteiger partial charge in [-0.2, -0.15) is 0 Å². The van der Waals surface area contributed by atoms with Crippen molar-refractivity contribution < 1.29 is 12.8 Å². The van der Waals surface area contributed by atoms with Crippen LogP contribution in [0.5, 0.6) is 0 Å². The molecule has 0 saturated carbocycles. The number of hydrogen-bond donors (Lipinski definition) is 2. The molecule has 0 unspecified atom stereocenters. The Morgan fingerprint density at radius 2 is 1.79 bits per heavy atom. The molecule has 24 heavy (non-hydrogen) atoms. The molecule has 2 aliphatic heterocycles. The van der Waals surface area contributed by atoms with E-state index < -0.39 is 15.7 Å². The van der Waals surface area contributed by atoms with Crippen molar-refractivity contribution in [2.45, 2.75) is 34.6 Å². The number of fused-ring (bicyclic) bond motifs is 3. The minimum Gasteiger partial charge on any atom is -0.381 e. The minimum absolute atomic E-state index is 0.00695. The fourth-order valence-electron chi connectivity index (χ4n) is 3.70. The molecule has 126 valence electrons. The van der Waals surface area contributed by atoms with Crippen LogP contribution in [0.4, 0.5) is 10.1 Å². The molecule has 4 rings (SSSR count). The molecule has 2 N–H and O–H groups in total. The van der Waals surface area contributed by atoms with E-state index in [0.29, 0.717) is 12.0 Å². The van der Waals surface area contributed by atoms with Crippen molar-refractivity contribution in [3.8, 4) is 0 Å². The van der Waals surface area contributed by atoms with E-state index in [1.165, 1.54) is 18.2 Å². The zero-order valence-corrected chi connectivity index (χ0v) is 13.9. The predicted molar refractivity (Wildman–Crippen MR) is 90.5 cm³/mol. The average Bonchev–Trinajstić information content (AvgIpc) is 2.75. The first-order chi connectivity index (χ1) is 11.6. The highest BCUT2D eigenvalue weighted by atomic mass is 32.2. The first-order valence-corrected chi connectivity index (χ1v) is 9.66. The average molecular weight is 346 g/mol. The van der Waals surface area contributed by atoms with E-state index >= 15 is 0 Å². The van der Waals surface area contributed by atoms with E-state index in [-0.39, 0.29) is 9.79 Å². The van der Waals surface area contributed by atoms with Crippen molar-refractivity contribution in [1.29, 1.82) is 0 Å². The lowest BCUT2D eigenvalue weighted by atomic mass is 9.91. The summed E-state index contributed by atoms with van der Waals surface area (Å²) in [7, 11) is -3.71. The minimum atomic E-state index is -3.71. The standard InChI is InChI=1S/C18H19FN2O2S/c19-12-2-1-3-13(10-12)24(22,23)14-4-5-17-16(11-14)15-6-8-20-9-7-18(15)21-17/h1-5,10-11,15,18,20-21H,6-9H2/t15-,18+/m1/s1. The molecule has 1 saturated heterocycles. The van der Waals surface area contributed by atoms with Crippen molar-refractivity contribution in [2.75, 3.05) is 18.4 Å². The van der Waals surface area contributed by atoms with Gasteiger partial charge in [-0.25, -0.2) is 12.8 Å². The van der Waals surface area contributed by atoms with Crippen LogP contribution in [-0.4, -0.2) is 27.5 Å². The van der Waals surface area contributed by atoms with Crippen LogP contribution in [0, 0.1) is 5.82 Å². The van der Waals surface area contributed by atoms with E-state index in [1.807, 2.05) is 6.07 Å². The van der Waals surface area contributed by atoms with E-state index in [0.717, 1.165) is 43.2 Å². The predicted octanol–water partition coefficient (Wildman–Crippen LogP) is 2.92. The van der Waals surface area contributed by atoms with Crippen LogP contribution in [0.15, 0.2) is 52.3 Å². The summed E-state index contributed by atoms with van der Waals surface area (Å²) in [5, 5.41) is 6.89. The van der Waals surface area contributed by atoms with Crippen molar-refractivity contribution in [1.82, 2.24) is 5.32 Å². The maximum absolute atomic E-state index is 13.4. The molecule has 2 aliphatic rings. The number of hydrogen-bond acceptors (Lipinski definition) is 4. The van der Waals surface area contributed by atoms with Gasteiger partial charge in [-0.3, -0.25) is 0 Å². The van der Waals surface area contributed by atoms with Gasteiger partial charge in [0.1, 0.15) is 5.82 Å². The molecule has 0 amide bonds. The van der Waals surface area contributed by atoms with Crippen molar-refractivity contribution in [3.05, 3.63) is 53.8 Å². The Balaban J connectivity index is 1.75. The van der Waals surface area contributed by atoms with Gasteiger partial charge in [-0.1, -0.05) is 6.07 Å². The van der Waals surface area contributed by atoms with Gasteiger partial charge in [0.2, 0.25) is 9.84 Å². The molecule has 2 heterocycles. The molecule has 2 atom stereocenters. The molecular weight excluding hydrogens is 327 g/mol. The number of rotatable bonds is 2. The molecule has 2 aromatic carbocycles. The molecule has 0 bridgehead atoms. The highest BCUT2D eigenvalue weighted by Crippen LogP contribution is 2.41. The lowest BCUT2D eigenvalue weighted by Gasteiger charge is -2.16. The zero-order valence-electron chi connectivity index (χ0n) is 13.1. The highest BCUT2D eigenvalue weighted by Gasteiger charge is 2.34. The van der Waals surface area contributed by atoms with E-state index in [1.54, 1.807) is 12.1 Å². The second-order valence-electron chi connectivity index (χ2n) is 6.39. The second kappa shape index (κ2) is 5.86. The number of halogens is 1. The summed E-state index contributed by atoms with van der Waals surface area (Å²) in [6.45, 7) is 1.90. The van der Waals surface area contributed by atoms with E-state index in [9.17, 15) is 12.8 Å². The quantitative estimate of drug-likeness (QED) is 0.878. The summed E-state index contributed by atoms with van der Waals surface area (Å²) in [6.07, 6.45) is 2.00. The topological polar surface area (TPSA) is 58.2 Å². The largest absolute Gasteiger partial charge is 0.381 e. The van der Waals surface area contributed by atoms with Gasteiger partial charge in [0, 0.05) is 17.6 Å². The van der Waals surface area contributed by atoms with Gasteiger partial charge in [0.15, 0.2) is 0 Å². The van der Waals surface area contributed by atoms with Crippen LogP contribution in [0.1, 0.15) is 24.3 Å². The lowest BCUT2D eigenvalue weighted by Crippen LogP contribution is -2.21. The molecule has 2 aromatic rings. The Bertz CT molecular complexity index is 882. The third-order valence-electron chi connectivity index (χ3n) is 4.93. The van der Waals surface area contributed by atoms with Crippen molar-refractivity contribution in [3.63, 3.8) is 0 Å². The molecule has 0 aromatic heterocycles. The van der Waals surface area contributed by atoms with Crippen LogP contribution in [0.2, 0.25) is 0 Å². The third-order valence-corrected chi connectivity index (χ3v) is 6.68. The van der Waals surface area contributed by atoms with Crippen LogP contribution in [-0.2, 0) is 9.84 Å². The summed E-state index contributed by atoms with van der Waals surface area (Å²) >= 11 is 0. The zero-order chi connectivity index (χ0) is 16.7. The van der Waals surface area contributed by atoms with Crippen molar-refractivity contribution >= 4 is 15.5 Å². The van der Waals surface area contributed by atoms with Gasteiger partial charge in [-0.15, -0.1) is 0 Å². The Kier molecular flexibility index (Phi) is 3.81. The summed E-state index contributed by atoms with van der Waals surface area (Å²) in [4.78, 5) is 0.221. The molecule has 0 aliphatic carbocycles. The van der Waals surface area contributed by atoms with Crippen LogP contribution >= 0.6 is 0 Å². The normalized spacial score (nSPS) is 23.0. The molecule has 1 fully saturated rings. The number of benzene rings is 2. The number of anilines is 1. The number of nitrogens with one attached hydrogen (secondary N) is 2. The van der Waals surface area contributed by atoms with Gasteiger partial charge < -0.3 is 10.6 Å². The van der Waals surface area contributed by atoms with Crippen LogP contribution in [0.25, 0.3) is 0 Å². The van der Waals surface area contributed by atoms with Gasteiger partial charge in [0.25, 0.3) is 0 Å². The molecule has 6 heteroatoms. The Morgan fingerprint density at radius 3 is 2.62 bits per heavy atom. The summed E-state index contributed by atoms with van der Waals surface area (Å²) < 4.78 is 39.0. The smallest absolute Gasteiger partial charge is 0.206 e. The maximum atomic E-state index is 13.4. The highest BCUT2D eigenvalue weighted by molar-refractivity contribution is 7.91. The molecular formula is C18H19FN2O2S. The van der Waals surface area contributed by atoms with Gasteiger partial charge in [0.05, 0.1) is 9.79 Å². The van der Waals surface area contributed by atoms with E-state index in [2.05, 4.69) is 10.6 Å². The molecule has 4 nitrogen and oxygen atoms in total. The summed E-state index contributed by atoms with van der Waals surface area (Å²) in [5.41, 5.74) is 2.08. The number of sulfone groups is 1. The fraction of sp³-hybridized carbons (Fsp3) is 0.333. The SMILES string of the molecule is O=S(=O)(c1cccc(F)c1)c1ccc2c(c1)[C@H]1CCNCC[C@@H]1N2. The third kappa shape index (κ3) is 2.59. The van der Waals surface area contributed by atoms with Gasteiger partial charge >= 0.3 is 0 Å². The maximum Gasteiger partial charge on any atom is 0.206 e. The fourth-order valence-corrected chi connectivity index (χ4v) is 5.03. The monoisotopic (exact) mass is 346 g/mol. The Hall–Kier alpha value is -1.92. The summed E-state index contributed by atoms with van der Waals surface area (Å²) in [6, 6.07) is 10.7. The second-order valence-corrected chi connectivity index (χ2v) is 8.34. The first-order valence-electron chi connectivity index (χ1n) is 8.17. The van der Waals surface area contributed by atoms with Crippen molar-refractivity contribution in [2.24, 2.45) is 0 Å². The molecule has 0 radical (unpaired) electrons. The lowest BCUT2D eigenvalue weighted by molar-refractivity contribution is 0.576. The van der Waals surface area contributed by atoms with Gasteiger partial charge in [-0.05, 0) is 67.9 Å². The van der Waals surface area contributed by atoms with E-state index in [4.69, 9.17) is 0 Å².